The van der Waals surface area contributed by atoms with Gasteiger partial charge in [-0.3, -0.25) is 14.4 Å². The number of amides is 2. The predicted octanol–water partition coefficient (Wildman–Crippen LogP) is 3.12. The van der Waals surface area contributed by atoms with E-state index in [0.717, 1.165) is 5.56 Å². The van der Waals surface area contributed by atoms with Crippen LogP contribution in [-0.4, -0.2) is 24.4 Å². The summed E-state index contributed by atoms with van der Waals surface area (Å²) in [5.41, 5.74) is 5.59. The molecule has 0 aliphatic carbocycles. The Kier molecular flexibility index (Phi) is 11.3. The van der Waals surface area contributed by atoms with Gasteiger partial charge in [-0.1, -0.05) is 50.3 Å². The number of carbonyl (C=O) groups excluding carboxylic acids is 3. The standard InChI is InChI=1S/C22H32N2O5/c1-5-10-18(21(26)23-28-6-2)19(15-16(3)4)22(27)24-29-20(25)14-13-17-11-8-7-9-12-17/h5,7-9,11-12,16,18-19H,1,6,10,13-15H2,2-4H3,(H,23,26)(H,24,27)/t18-,19+/m0/s1. The van der Waals surface area contributed by atoms with Crippen LogP contribution >= 0.6 is 0 Å². The van der Waals surface area contributed by atoms with Gasteiger partial charge in [0.2, 0.25) is 5.91 Å². The summed E-state index contributed by atoms with van der Waals surface area (Å²) in [4.78, 5) is 47.1. The van der Waals surface area contributed by atoms with Crippen molar-refractivity contribution in [3.05, 3.63) is 48.6 Å². The van der Waals surface area contributed by atoms with E-state index >= 15 is 0 Å². The second kappa shape index (κ2) is 13.5. The summed E-state index contributed by atoms with van der Waals surface area (Å²) in [7, 11) is 0. The second-order valence-corrected chi connectivity index (χ2v) is 7.19. The van der Waals surface area contributed by atoms with Crippen LogP contribution in [0.1, 0.15) is 45.6 Å². The van der Waals surface area contributed by atoms with E-state index in [1.165, 1.54) is 0 Å². The van der Waals surface area contributed by atoms with Crippen molar-refractivity contribution in [1.29, 1.82) is 0 Å². The SMILES string of the molecule is C=CC[C@H](C(=O)NOCC)[C@@H](CC(C)C)C(=O)NOC(=O)CCc1ccccc1. The molecule has 2 N–H and O–H groups in total. The highest BCUT2D eigenvalue weighted by atomic mass is 16.7. The van der Waals surface area contributed by atoms with Gasteiger partial charge in [-0.05, 0) is 37.7 Å². The highest BCUT2D eigenvalue weighted by molar-refractivity contribution is 5.87. The number of hydrogen-bond donors (Lipinski definition) is 2. The molecule has 0 unspecified atom stereocenters. The third-order valence-corrected chi connectivity index (χ3v) is 4.35. The van der Waals surface area contributed by atoms with Gasteiger partial charge in [-0.2, -0.15) is 5.48 Å². The smallest absolute Gasteiger partial charge is 0.332 e. The molecule has 0 saturated heterocycles. The number of carbonyl (C=O) groups is 3. The molecule has 0 saturated carbocycles. The zero-order valence-electron chi connectivity index (χ0n) is 17.5. The van der Waals surface area contributed by atoms with E-state index in [4.69, 9.17) is 9.68 Å². The van der Waals surface area contributed by atoms with Crippen molar-refractivity contribution >= 4 is 17.8 Å². The Morgan fingerprint density at radius 3 is 2.31 bits per heavy atom. The second-order valence-electron chi connectivity index (χ2n) is 7.19. The number of nitrogens with one attached hydrogen (secondary N) is 2. The van der Waals surface area contributed by atoms with Crippen molar-refractivity contribution in [2.24, 2.45) is 17.8 Å². The zero-order chi connectivity index (χ0) is 21.6. The molecule has 0 spiro atoms. The maximum atomic E-state index is 12.7. The van der Waals surface area contributed by atoms with Gasteiger partial charge in [-0.15, -0.1) is 6.58 Å². The topological polar surface area (TPSA) is 93.7 Å². The molecule has 0 bridgehead atoms. The molecule has 0 radical (unpaired) electrons. The first-order valence-corrected chi connectivity index (χ1v) is 9.94. The quantitative estimate of drug-likeness (QED) is 0.412. The third kappa shape index (κ3) is 9.38. The normalized spacial score (nSPS) is 12.7. The van der Waals surface area contributed by atoms with Crippen molar-refractivity contribution in [2.75, 3.05) is 6.61 Å². The van der Waals surface area contributed by atoms with Crippen LogP contribution in [0.2, 0.25) is 0 Å². The Morgan fingerprint density at radius 1 is 1.07 bits per heavy atom. The molecule has 0 fully saturated rings. The molecular weight excluding hydrogens is 372 g/mol. The van der Waals surface area contributed by atoms with E-state index in [9.17, 15) is 14.4 Å². The first kappa shape index (κ1) is 24.4. The number of aryl methyl sites for hydroxylation is 1. The van der Waals surface area contributed by atoms with Gasteiger partial charge in [0.15, 0.2) is 0 Å². The third-order valence-electron chi connectivity index (χ3n) is 4.35. The summed E-state index contributed by atoms with van der Waals surface area (Å²) in [5, 5.41) is 0. The molecule has 160 valence electrons. The summed E-state index contributed by atoms with van der Waals surface area (Å²) in [5.74, 6) is -2.65. The zero-order valence-corrected chi connectivity index (χ0v) is 17.5. The van der Waals surface area contributed by atoms with E-state index in [-0.39, 0.29) is 12.3 Å². The minimum absolute atomic E-state index is 0.139. The Balaban J connectivity index is 2.69. The maximum Gasteiger partial charge on any atom is 0.332 e. The average Bonchev–Trinajstić information content (AvgIpc) is 2.71. The molecule has 2 atom stereocenters. The van der Waals surface area contributed by atoms with Crippen molar-refractivity contribution in [3.8, 4) is 0 Å². The summed E-state index contributed by atoms with van der Waals surface area (Å²) < 4.78 is 0. The molecule has 1 aromatic rings. The lowest BCUT2D eigenvalue weighted by Crippen LogP contribution is -2.43. The van der Waals surface area contributed by atoms with Gasteiger partial charge in [0.1, 0.15) is 0 Å². The van der Waals surface area contributed by atoms with Crippen LogP contribution in [0.25, 0.3) is 0 Å². The fourth-order valence-corrected chi connectivity index (χ4v) is 2.94. The molecule has 7 nitrogen and oxygen atoms in total. The summed E-state index contributed by atoms with van der Waals surface area (Å²) in [6.45, 7) is 9.64. The van der Waals surface area contributed by atoms with Crippen LogP contribution in [0.4, 0.5) is 0 Å². The Hall–Kier alpha value is -2.67. The van der Waals surface area contributed by atoms with Gasteiger partial charge in [0.05, 0.1) is 24.9 Å². The lowest BCUT2D eigenvalue weighted by atomic mass is 9.82. The number of rotatable bonds is 12. The molecule has 7 heteroatoms. The van der Waals surface area contributed by atoms with Gasteiger partial charge in [-0.25, -0.2) is 10.3 Å². The maximum absolute atomic E-state index is 12.7. The Morgan fingerprint density at radius 2 is 1.72 bits per heavy atom. The van der Waals surface area contributed by atoms with Gasteiger partial charge < -0.3 is 4.84 Å². The summed E-state index contributed by atoms with van der Waals surface area (Å²) >= 11 is 0. The molecular formula is C22H32N2O5. The minimum atomic E-state index is -0.685. The van der Waals surface area contributed by atoms with E-state index < -0.39 is 29.6 Å². The van der Waals surface area contributed by atoms with Gasteiger partial charge in [0.25, 0.3) is 5.91 Å². The van der Waals surface area contributed by atoms with Crippen LogP contribution in [-0.2, 0) is 30.5 Å². The lowest BCUT2D eigenvalue weighted by molar-refractivity contribution is -0.161. The van der Waals surface area contributed by atoms with E-state index in [1.54, 1.807) is 13.0 Å². The molecule has 1 aromatic carbocycles. The minimum Gasteiger partial charge on any atom is -0.341 e. The number of hydrogen-bond acceptors (Lipinski definition) is 5. The summed E-state index contributed by atoms with van der Waals surface area (Å²) in [6.07, 6.45) is 2.99. The van der Waals surface area contributed by atoms with Crippen molar-refractivity contribution < 1.29 is 24.1 Å². The van der Waals surface area contributed by atoms with Gasteiger partial charge in [0, 0.05) is 0 Å². The van der Waals surface area contributed by atoms with Crippen LogP contribution < -0.4 is 11.0 Å². The monoisotopic (exact) mass is 404 g/mol. The highest BCUT2D eigenvalue weighted by Gasteiger charge is 2.34. The molecule has 29 heavy (non-hydrogen) atoms. The molecule has 2 amide bonds. The summed E-state index contributed by atoms with van der Waals surface area (Å²) in [6, 6.07) is 9.53. The molecule has 0 heterocycles. The molecule has 0 aliphatic heterocycles. The Bertz CT molecular complexity index is 660. The van der Waals surface area contributed by atoms with E-state index in [0.29, 0.717) is 25.9 Å². The van der Waals surface area contributed by atoms with Gasteiger partial charge >= 0.3 is 5.97 Å². The van der Waals surface area contributed by atoms with Crippen LogP contribution in [0.15, 0.2) is 43.0 Å². The average molecular weight is 405 g/mol. The van der Waals surface area contributed by atoms with Crippen molar-refractivity contribution in [3.63, 3.8) is 0 Å². The first-order valence-electron chi connectivity index (χ1n) is 9.94. The fourth-order valence-electron chi connectivity index (χ4n) is 2.94. The van der Waals surface area contributed by atoms with E-state index in [2.05, 4.69) is 17.5 Å². The van der Waals surface area contributed by atoms with Crippen LogP contribution in [0.5, 0.6) is 0 Å². The predicted molar refractivity (Wildman–Crippen MR) is 110 cm³/mol. The van der Waals surface area contributed by atoms with Crippen LogP contribution in [0, 0.1) is 17.8 Å². The first-order chi connectivity index (χ1) is 13.9. The molecule has 0 aromatic heterocycles. The fraction of sp³-hybridized carbons (Fsp3) is 0.500. The number of hydroxylamine groups is 2. The number of benzene rings is 1. The van der Waals surface area contributed by atoms with Crippen LogP contribution in [0.3, 0.4) is 0 Å². The Labute approximate surface area is 172 Å². The molecule has 0 aliphatic rings. The van der Waals surface area contributed by atoms with Crippen molar-refractivity contribution in [1.82, 2.24) is 11.0 Å². The van der Waals surface area contributed by atoms with Crippen molar-refractivity contribution in [2.45, 2.75) is 46.5 Å². The largest absolute Gasteiger partial charge is 0.341 e. The highest BCUT2D eigenvalue weighted by Crippen LogP contribution is 2.25. The number of allylic oxidation sites excluding steroid dienone is 1. The lowest BCUT2D eigenvalue weighted by Gasteiger charge is -2.25. The van der Waals surface area contributed by atoms with E-state index in [1.807, 2.05) is 44.2 Å². The molecule has 1 rings (SSSR count).